The van der Waals surface area contributed by atoms with Gasteiger partial charge in [-0.1, -0.05) is 30.3 Å². The Hall–Kier alpha value is -1.02. The van der Waals surface area contributed by atoms with Crippen LogP contribution in [0.4, 0.5) is 0 Å². The Morgan fingerprint density at radius 1 is 1.33 bits per heavy atom. The van der Waals surface area contributed by atoms with E-state index in [1.165, 1.54) is 0 Å². The van der Waals surface area contributed by atoms with E-state index < -0.39 is 0 Å². The lowest BCUT2D eigenvalue weighted by atomic mass is 10.0. The van der Waals surface area contributed by atoms with Gasteiger partial charge in [-0.3, -0.25) is 4.79 Å². The minimum atomic E-state index is -0.128. The predicted molar refractivity (Wildman–Crippen MR) is 63.2 cm³/mol. The molecule has 0 radical (unpaired) electrons. The van der Waals surface area contributed by atoms with Crippen molar-refractivity contribution in [3.63, 3.8) is 0 Å². The van der Waals surface area contributed by atoms with E-state index in [1.54, 1.807) is 0 Å². The van der Waals surface area contributed by atoms with Crippen LogP contribution in [0.2, 0.25) is 0 Å². The highest BCUT2D eigenvalue weighted by molar-refractivity contribution is 6.18. The molecule has 0 heterocycles. The monoisotopic (exact) mass is 225 g/mol. The summed E-state index contributed by atoms with van der Waals surface area (Å²) in [6.07, 6.45) is 0. The highest BCUT2D eigenvalue weighted by Crippen LogP contribution is 2.14. The third kappa shape index (κ3) is 3.56. The first-order valence-electron chi connectivity index (χ1n) is 5.06. The topological polar surface area (TPSA) is 29.1 Å². The van der Waals surface area contributed by atoms with Gasteiger partial charge in [0, 0.05) is 11.9 Å². The number of carbonyl (C=O) groups excluding carboxylic acids is 1. The number of rotatable bonds is 4. The molecule has 0 spiro atoms. The van der Waals surface area contributed by atoms with Gasteiger partial charge in [-0.25, -0.2) is 0 Å². The largest absolute Gasteiger partial charge is 0.352 e. The summed E-state index contributed by atoms with van der Waals surface area (Å²) in [6.45, 7) is 3.79. The van der Waals surface area contributed by atoms with Gasteiger partial charge in [0.2, 0.25) is 5.91 Å². The molecule has 15 heavy (non-hydrogen) atoms. The van der Waals surface area contributed by atoms with Crippen LogP contribution in [0.15, 0.2) is 30.3 Å². The summed E-state index contributed by atoms with van der Waals surface area (Å²) in [4.78, 5) is 11.7. The molecule has 2 unspecified atom stereocenters. The van der Waals surface area contributed by atoms with Crippen LogP contribution >= 0.6 is 11.6 Å². The molecular formula is C12H16ClNO. The van der Waals surface area contributed by atoms with E-state index in [9.17, 15) is 4.79 Å². The van der Waals surface area contributed by atoms with Crippen molar-refractivity contribution in [2.45, 2.75) is 25.8 Å². The summed E-state index contributed by atoms with van der Waals surface area (Å²) >= 11 is 5.63. The zero-order valence-corrected chi connectivity index (χ0v) is 9.79. The number of amides is 1. The number of hydrogen-bond donors (Lipinski definition) is 1. The molecule has 3 heteroatoms. The molecule has 0 aromatic heterocycles. The predicted octanol–water partition coefficient (Wildman–Crippen LogP) is 2.53. The average molecular weight is 226 g/mol. The number of carbonyl (C=O) groups is 1. The molecule has 1 aromatic carbocycles. The first-order valence-corrected chi connectivity index (χ1v) is 5.60. The second-order valence-corrected chi connectivity index (χ2v) is 4.00. The van der Waals surface area contributed by atoms with Crippen molar-refractivity contribution in [2.75, 3.05) is 5.88 Å². The Morgan fingerprint density at radius 2 is 1.93 bits per heavy atom. The smallest absolute Gasteiger partial charge is 0.227 e. The van der Waals surface area contributed by atoms with Crippen LogP contribution in [0.25, 0.3) is 0 Å². The molecule has 0 bridgehead atoms. The maximum absolute atomic E-state index is 11.7. The van der Waals surface area contributed by atoms with Crippen molar-refractivity contribution in [1.82, 2.24) is 5.32 Å². The average Bonchev–Trinajstić information content (AvgIpc) is 2.29. The third-order valence-electron chi connectivity index (χ3n) is 2.31. The Labute approximate surface area is 95.6 Å². The Morgan fingerprint density at radius 3 is 2.47 bits per heavy atom. The maximum atomic E-state index is 11.7. The second kappa shape index (κ2) is 5.76. The van der Waals surface area contributed by atoms with Gasteiger partial charge in [0.25, 0.3) is 0 Å². The van der Waals surface area contributed by atoms with Crippen molar-refractivity contribution in [3.05, 3.63) is 35.9 Å². The molecule has 1 rings (SSSR count). The first kappa shape index (κ1) is 12.1. The van der Waals surface area contributed by atoms with Gasteiger partial charge in [-0.05, 0) is 19.4 Å². The van der Waals surface area contributed by atoms with Crippen LogP contribution < -0.4 is 5.32 Å². The molecule has 0 aliphatic heterocycles. The number of hydrogen-bond acceptors (Lipinski definition) is 1. The first-order chi connectivity index (χ1) is 7.15. The van der Waals surface area contributed by atoms with E-state index in [0.29, 0.717) is 5.88 Å². The van der Waals surface area contributed by atoms with Gasteiger partial charge in [0.1, 0.15) is 0 Å². The van der Waals surface area contributed by atoms with Gasteiger partial charge < -0.3 is 5.32 Å². The van der Waals surface area contributed by atoms with Crippen LogP contribution in [-0.4, -0.2) is 17.8 Å². The van der Waals surface area contributed by atoms with E-state index in [1.807, 2.05) is 44.2 Å². The molecule has 0 aliphatic carbocycles. The van der Waals surface area contributed by atoms with Gasteiger partial charge in [0.05, 0.1) is 5.92 Å². The fourth-order valence-corrected chi connectivity index (χ4v) is 1.38. The zero-order chi connectivity index (χ0) is 11.3. The van der Waals surface area contributed by atoms with Crippen LogP contribution in [-0.2, 0) is 4.79 Å². The maximum Gasteiger partial charge on any atom is 0.227 e. The van der Waals surface area contributed by atoms with E-state index in [-0.39, 0.29) is 17.9 Å². The molecule has 0 aliphatic rings. The van der Waals surface area contributed by atoms with Gasteiger partial charge in [-0.2, -0.15) is 0 Å². The second-order valence-electron chi connectivity index (χ2n) is 3.70. The van der Waals surface area contributed by atoms with Crippen molar-refractivity contribution in [3.8, 4) is 0 Å². The summed E-state index contributed by atoms with van der Waals surface area (Å²) in [5.41, 5.74) is 1.02. The minimum Gasteiger partial charge on any atom is -0.352 e. The highest BCUT2D eigenvalue weighted by atomic mass is 35.5. The van der Waals surface area contributed by atoms with Crippen molar-refractivity contribution >= 4 is 17.5 Å². The quantitative estimate of drug-likeness (QED) is 0.784. The zero-order valence-electron chi connectivity index (χ0n) is 9.03. The molecule has 2 nitrogen and oxygen atoms in total. The fraction of sp³-hybridized carbons (Fsp3) is 0.417. The molecule has 0 fully saturated rings. The lowest BCUT2D eigenvalue weighted by molar-refractivity contribution is -0.122. The molecule has 1 aromatic rings. The van der Waals surface area contributed by atoms with Crippen LogP contribution in [0.1, 0.15) is 25.3 Å². The van der Waals surface area contributed by atoms with Crippen molar-refractivity contribution in [1.29, 1.82) is 0 Å². The normalized spacial score (nSPS) is 14.3. The standard InChI is InChI=1S/C12H16ClNO/c1-9(8-13)14-12(15)10(2)11-6-4-3-5-7-11/h3-7,9-10H,8H2,1-2H3,(H,14,15). The Bertz CT molecular complexity index is 313. The lowest BCUT2D eigenvalue weighted by Gasteiger charge is -2.15. The summed E-state index contributed by atoms with van der Waals surface area (Å²) < 4.78 is 0. The highest BCUT2D eigenvalue weighted by Gasteiger charge is 2.15. The summed E-state index contributed by atoms with van der Waals surface area (Å²) in [5.74, 6) is 0.332. The van der Waals surface area contributed by atoms with Gasteiger partial charge >= 0.3 is 0 Å². The minimum absolute atomic E-state index is 0.0188. The lowest BCUT2D eigenvalue weighted by Crippen LogP contribution is -2.36. The van der Waals surface area contributed by atoms with Crippen LogP contribution in [0.5, 0.6) is 0 Å². The number of halogens is 1. The summed E-state index contributed by atoms with van der Waals surface area (Å²) in [6, 6.07) is 9.74. The van der Waals surface area contributed by atoms with Gasteiger partial charge in [-0.15, -0.1) is 11.6 Å². The van der Waals surface area contributed by atoms with Crippen molar-refractivity contribution < 1.29 is 4.79 Å². The van der Waals surface area contributed by atoms with Crippen LogP contribution in [0.3, 0.4) is 0 Å². The molecule has 82 valence electrons. The Balaban J connectivity index is 2.61. The Kier molecular flexibility index (Phi) is 4.63. The number of nitrogens with one attached hydrogen (secondary N) is 1. The van der Waals surface area contributed by atoms with Crippen molar-refractivity contribution in [2.24, 2.45) is 0 Å². The molecule has 0 saturated heterocycles. The molecule has 0 saturated carbocycles. The van der Waals surface area contributed by atoms with E-state index in [0.717, 1.165) is 5.56 Å². The summed E-state index contributed by atoms with van der Waals surface area (Å²) in [7, 11) is 0. The molecular weight excluding hydrogens is 210 g/mol. The number of alkyl halides is 1. The molecule has 2 atom stereocenters. The SMILES string of the molecule is CC(CCl)NC(=O)C(C)c1ccccc1. The van der Waals surface area contributed by atoms with E-state index in [2.05, 4.69) is 5.32 Å². The van der Waals surface area contributed by atoms with E-state index >= 15 is 0 Å². The summed E-state index contributed by atoms with van der Waals surface area (Å²) in [5, 5.41) is 2.86. The van der Waals surface area contributed by atoms with Gasteiger partial charge in [0.15, 0.2) is 0 Å². The molecule has 1 amide bonds. The molecule has 1 N–H and O–H groups in total. The number of benzene rings is 1. The fourth-order valence-electron chi connectivity index (χ4n) is 1.30. The third-order valence-corrected chi connectivity index (χ3v) is 2.78. The van der Waals surface area contributed by atoms with Crippen LogP contribution in [0, 0.1) is 0 Å². The van der Waals surface area contributed by atoms with E-state index in [4.69, 9.17) is 11.6 Å².